The summed E-state index contributed by atoms with van der Waals surface area (Å²) in [5.41, 5.74) is 2.93. The zero-order valence-electron chi connectivity index (χ0n) is 13.0. The summed E-state index contributed by atoms with van der Waals surface area (Å²) >= 11 is 0. The SMILES string of the molecule is CC1(CNC(=O)C2Cc3ccccc3CN2)CCCCC1. The van der Waals surface area contributed by atoms with E-state index in [0.29, 0.717) is 5.41 Å². The van der Waals surface area contributed by atoms with Crippen LogP contribution in [0.5, 0.6) is 0 Å². The third kappa shape index (κ3) is 3.46. The number of carbonyl (C=O) groups excluding carboxylic acids is 1. The molecule has 1 heterocycles. The molecule has 1 aliphatic heterocycles. The van der Waals surface area contributed by atoms with Gasteiger partial charge in [0.2, 0.25) is 5.91 Å². The highest BCUT2D eigenvalue weighted by Gasteiger charge is 2.29. The number of hydrogen-bond donors (Lipinski definition) is 2. The van der Waals surface area contributed by atoms with Crippen LogP contribution >= 0.6 is 0 Å². The lowest BCUT2D eigenvalue weighted by molar-refractivity contribution is -0.123. The largest absolute Gasteiger partial charge is 0.354 e. The van der Waals surface area contributed by atoms with Gasteiger partial charge in [-0.3, -0.25) is 4.79 Å². The molecule has 1 amide bonds. The van der Waals surface area contributed by atoms with Crippen molar-refractivity contribution in [2.75, 3.05) is 6.54 Å². The van der Waals surface area contributed by atoms with Gasteiger partial charge in [-0.05, 0) is 35.8 Å². The predicted molar refractivity (Wildman–Crippen MR) is 85.0 cm³/mol. The third-order valence-electron chi connectivity index (χ3n) is 5.15. The van der Waals surface area contributed by atoms with Crippen molar-refractivity contribution < 1.29 is 4.79 Å². The number of rotatable bonds is 3. The van der Waals surface area contributed by atoms with Crippen LogP contribution in [0.25, 0.3) is 0 Å². The van der Waals surface area contributed by atoms with Crippen LogP contribution in [0.2, 0.25) is 0 Å². The number of nitrogens with one attached hydrogen (secondary N) is 2. The second-order valence-corrected chi connectivity index (χ2v) is 7.00. The first-order chi connectivity index (χ1) is 10.2. The van der Waals surface area contributed by atoms with Crippen LogP contribution in [0.3, 0.4) is 0 Å². The first kappa shape index (κ1) is 14.6. The fourth-order valence-electron chi connectivity index (χ4n) is 3.65. The van der Waals surface area contributed by atoms with Crippen LogP contribution in [0.4, 0.5) is 0 Å². The average Bonchev–Trinajstić information content (AvgIpc) is 2.53. The first-order valence-corrected chi connectivity index (χ1v) is 8.24. The van der Waals surface area contributed by atoms with Gasteiger partial charge in [0, 0.05) is 13.1 Å². The highest BCUT2D eigenvalue weighted by molar-refractivity contribution is 5.82. The molecule has 3 heteroatoms. The quantitative estimate of drug-likeness (QED) is 0.897. The Morgan fingerprint density at radius 1 is 1.24 bits per heavy atom. The normalized spacial score (nSPS) is 24.1. The second kappa shape index (κ2) is 6.18. The van der Waals surface area contributed by atoms with E-state index in [1.165, 1.54) is 43.2 Å². The molecule has 1 aromatic carbocycles. The molecule has 0 bridgehead atoms. The van der Waals surface area contributed by atoms with E-state index in [1.807, 2.05) is 0 Å². The molecule has 0 spiro atoms. The number of amides is 1. The van der Waals surface area contributed by atoms with Gasteiger partial charge >= 0.3 is 0 Å². The first-order valence-electron chi connectivity index (χ1n) is 8.24. The smallest absolute Gasteiger partial charge is 0.237 e. The maximum Gasteiger partial charge on any atom is 0.237 e. The maximum atomic E-state index is 12.4. The molecule has 0 radical (unpaired) electrons. The van der Waals surface area contributed by atoms with Crippen molar-refractivity contribution in [3.8, 4) is 0 Å². The van der Waals surface area contributed by atoms with Gasteiger partial charge in [0.05, 0.1) is 6.04 Å². The van der Waals surface area contributed by atoms with Crippen LogP contribution in [-0.4, -0.2) is 18.5 Å². The van der Waals surface area contributed by atoms with E-state index in [0.717, 1.165) is 19.5 Å². The zero-order chi connectivity index (χ0) is 14.7. The van der Waals surface area contributed by atoms with Gasteiger partial charge in [0.15, 0.2) is 0 Å². The van der Waals surface area contributed by atoms with Gasteiger partial charge in [-0.25, -0.2) is 0 Å². The van der Waals surface area contributed by atoms with Gasteiger partial charge in [0.25, 0.3) is 0 Å². The lowest BCUT2D eigenvalue weighted by Gasteiger charge is -2.34. The molecular formula is C18H26N2O. The van der Waals surface area contributed by atoms with Gasteiger partial charge in [-0.1, -0.05) is 50.5 Å². The van der Waals surface area contributed by atoms with Crippen molar-refractivity contribution in [2.45, 2.75) is 58.0 Å². The van der Waals surface area contributed by atoms with Crippen LogP contribution in [0.1, 0.15) is 50.2 Å². The van der Waals surface area contributed by atoms with Crippen molar-refractivity contribution in [1.29, 1.82) is 0 Å². The monoisotopic (exact) mass is 286 g/mol. The molecule has 114 valence electrons. The standard InChI is InChI=1S/C18H26N2O/c1-18(9-5-2-6-10-18)13-20-17(21)16-11-14-7-3-4-8-15(14)12-19-16/h3-4,7-8,16,19H,2,5-6,9-13H2,1H3,(H,20,21). The molecule has 21 heavy (non-hydrogen) atoms. The Hall–Kier alpha value is -1.35. The lowest BCUT2D eigenvalue weighted by atomic mass is 9.75. The highest BCUT2D eigenvalue weighted by Crippen LogP contribution is 2.34. The molecule has 3 rings (SSSR count). The molecular weight excluding hydrogens is 260 g/mol. The van der Waals surface area contributed by atoms with Crippen molar-refractivity contribution in [1.82, 2.24) is 10.6 Å². The molecule has 1 fully saturated rings. The minimum atomic E-state index is -0.0768. The summed E-state index contributed by atoms with van der Waals surface area (Å²) in [7, 11) is 0. The topological polar surface area (TPSA) is 41.1 Å². The van der Waals surface area contributed by atoms with Gasteiger partial charge in [-0.2, -0.15) is 0 Å². The molecule has 1 aliphatic carbocycles. The molecule has 2 N–H and O–H groups in total. The van der Waals surface area contributed by atoms with E-state index in [9.17, 15) is 4.79 Å². The van der Waals surface area contributed by atoms with Crippen LogP contribution in [-0.2, 0) is 17.8 Å². The van der Waals surface area contributed by atoms with Crippen molar-refractivity contribution >= 4 is 5.91 Å². The summed E-state index contributed by atoms with van der Waals surface area (Å²) in [4.78, 5) is 12.4. The number of benzene rings is 1. The van der Waals surface area contributed by atoms with E-state index >= 15 is 0 Å². The van der Waals surface area contributed by atoms with E-state index in [4.69, 9.17) is 0 Å². The minimum absolute atomic E-state index is 0.0768. The fraction of sp³-hybridized carbons (Fsp3) is 0.611. The average molecular weight is 286 g/mol. The molecule has 1 saturated carbocycles. The maximum absolute atomic E-state index is 12.4. The molecule has 1 unspecified atom stereocenters. The summed E-state index contributed by atoms with van der Waals surface area (Å²) in [6, 6.07) is 8.32. The predicted octanol–water partition coefficient (Wildman–Crippen LogP) is 2.79. The Morgan fingerprint density at radius 2 is 1.95 bits per heavy atom. The van der Waals surface area contributed by atoms with Crippen molar-refractivity contribution in [3.63, 3.8) is 0 Å². The Kier molecular flexibility index (Phi) is 4.29. The zero-order valence-corrected chi connectivity index (χ0v) is 13.0. The van der Waals surface area contributed by atoms with Crippen LogP contribution in [0, 0.1) is 5.41 Å². The lowest BCUT2D eigenvalue weighted by Crippen LogP contribution is -2.50. The molecule has 0 saturated heterocycles. The summed E-state index contributed by atoms with van der Waals surface area (Å²) in [5, 5.41) is 6.56. The van der Waals surface area contributed by atoms with Gasteiger partial charge in [-0.15, -0.1) is 0 Å². The van der Waals surface area contributed by atoms with E-state index < -0.39 is 0 Å². The van der Waals surface area contributed by atoms with Crippen molar-refractivity contribution in [2.24, 2.45) is 5.41 Å². The Bertz CT molecular complexity index is 506. The Morgan fingerprint density at radius 3 is 2.71 bits per heavy atom. The summed E-state index contributed by atoms with van der Waals surface area (Å²) in [6.07, 6.45) is 7.26. The third-order valence-corrected chi connectivity index (χ3v) is 5.15. The highest BCUT2D eigenvalue weighted by atomic mass is 16.2. The van der Waals surface area contributed by atoms with Gasteiger partial charge in [0.1, 0.15) is 0 Å². The number of carbonyl (C=O) groups is 1. The van der Waals surface area contributed by atoms with Crippen LogP contribution < -0.4 is 10.6 Å². The molecule has 3 nitrogen and oxygen atoms in total. The van der Waals surface area contributed by atoms with Gasteiger partial charge < -0.3 is 10.6 Å². The molecule has 1 atom stereocenters. The van der Waals surface area contributed by atoms with E-state index in [2.05, 4.69) is 41.8 Å². The summed E-state index contributed by atoms with van der Waals surface area (Å²) in [5.74, 6) is 0.163. The van der Waals surface area contributed by atoms with E-state index in [-0.39, 0.29) is 11.9 Å². The molecule has 0 aromatic heterocycles. The molecule has 2 aliphatic rings. The Balaban J connectivity index is 1.55. The molecule has 1 aromatic rings. The summed E-state index contributed by atoms with van der Waals surface area (Å²) < 4.78 is 0. The summed E-state index contributed by atoms with van der Waals surface area (Å²) in [6.45, 7) is 3.94. The minimum Gasteiger partial charge on any atom is -0.354 e. The van der Waals surface area contributed by atoms with E-state index in [1.54, 1.807) is 0 Å². The number of hydrogen-bond acceptors (Lipinski definition) is 2. The van der Waals surface area contributed by atoms with Crippen LogP contribution in [0.15, 0.2) is 24.3 Å². The number of fused-ring (bicyclic) bond motifs is 1. The fourth-order valence-corrected chi connectivity index (χ4v) is 3.65. The second-order valence-electron chi connectivity index (χ2n) is 7.00. The Labute approximate surface area is 127 Å². The van der Waals surface area contributed by atoms with Crippen molar-refractivity contribution in [3.05, 3.63) is 35.4 Å².